The zero-order valence-corrected chi connectivity index (χ0v) is 10.1. The number of hydrogen-bond acceptors (Lipinski definition) is 5. The Hall–Kier alpha value is -2.50. The summed E-state index contributed by atoms with van der Waals surface area (Å²) in [6.07, 6.45) is 2.72. The molecule has 3 rings (SSSR count). The van der Waals surface area contributed by atoms with Crippen LogP contribution in [0.2, 0.25) is 0 Å². The first-order chi connectivity index (χ1) is 9.25. The van der Waals surface area contributed by atoms with E-state index in [0.29, 0.717) is 12.8 Å². The van der Waals surface area contributed by atoms with Gasteiger partial charge >= 0.3 is 0 Å². The number of fused-ring (bicyclic) bond motifs is 3. The summed E-state index contributed by atoms with van der Waals surface area (Å²) in [7, 11) is 0. The van der Waals surface area contributed by atoms with E-state index < -0.39 is 5.97 Å². The van der Waals surface area contributed by atoms with Gasteiger partial charge in [0.2, 0.25) is 0 Å². The standard InChI is InChI=1S/C13H12N4O2/c18-12(19)7-3-6-11-15-16-13-9-4-1-2-5-10(9)14-8-17(11)13/h1-2,4-5,8H,3,6-7H2,(H,18,19)/p-1. The first kappa shape index (κ1) is 11.6. The number of nitrogens with zero attached hydrogens (tertiary/aromatic N) is 4. The lowest BCUT2D eigenvalue weighted by Crippen LogP contribution is -2.21. The molecule has 1 aromatic carbocycles. The Labute approximate surface area is 108 Å². The topological polar surface area (TPSA) is 83.2 Å². The third kappa shape index (κ3) is 2.12. The van der Waals surface area contributed by atoms with Gasteiger partial charge < -0.3 is 9.90 Å². The summed E-state index contributed by atoms with van der Waals surface area (Å²) in [5.74, 6) is -0.327. The third-order valence-corrected chi connectivity index (χ3v) is 3.00. The molecule has 2 heterocycles. The number of aliphatic carboxylic acids is 1. The molecule has 0 bridgehead atoms. The molecule has 0 spiro atoms. The highest BCUT2D eigenvalue weighted by atomic mass is 16.4. The van der Waals surface area contributed by atoms with Crippen molar-refractivity contribution in [1.29, 1.82) is 0 Å². The number of para-hydroxylation sites is 1. The van der Waals surface area contributed by atoms with Crippen molar-refractivity contribution in [3.8, 4) is 0 Å². The van der Waals surface area contributed by atoms with Crippen molar-refractivity contribution >= 4 is 22.5 Å². The molecule has 0 amide bonds. The number of carbonyl (C=O) groups is 1. The van der Waals surface area contributed by atoms with Crippen molar-refractivity contribution in [2.45, 2.75) is 19.3 Å². The summed E-state index contributed by atoms with van der Waals surface area (Å²) in [5, 5.41) is 19.6. The first-order valence-electron chi connectivity index (χ1n) is 6.03. The van der Waals surface area contributed by atoms with Crippen molar-refractivity contribution in [2.24, 2.45) is 0 Å². The molecular weight excluding hydrogens is 244 g/mol. The van der Waals surface area contributed by atoms with Crippen LogP contribution in [0.4, 0.5) is 0 Å². The van der Waals surface area contributed by atoms with E-state index in [9.17, 15) is 9.90 Å². The molecule has 3 aromatic rings. The number of rotatable bonds is 4. The van der Waals surface area contributed by atoms with Gasteiger partial charge in [-0.25, -0.2) is 4.98 Å². The van der Waals surface area contributed by atoms with Gasteiger partial charge in [-0.3, -0.25) is 4.40 Å². The number of aryl methyl sites for hydroxylation is 1. The molecule has 0 aliphatic rings. The zero-order chi connectivity index (χ0) is 13.2. The van der Waals surface area contributed by atoms with Gasteiger partial charge in [0.25, 0.3) is 0 Å². The molecule has 0 unspecified atom stereocenters. The SMILES string of the molecule is O=C([O-])CCCc1nnc2c3ccccc3ncn12. The van der Waals surface area contributed by atoms with Crippen LogP contribution in [0.3, 0.4) is 0 Å². The molecular formula is C13H11N4O2-. The highest BCUT2D eigenvalue weighted by molar-refractivity contribution is 5.90. The highest BCUT2D eigenvalue weighted by Crippen LogP contribution is 2.17. The molecule has 0 saturated carbocycles. The Kier molecular flexibility index (Phi) is 2.83. The van der Waals surface area contributed by atoms with Gasteiger partial charge in [0, 0.05) is 17.8 Å². The summed E-state index contributed by atoms with van der Waals surface area (Å²) in [5.41, 5.74) is 1.61. The number of carbonyl (C=O) groups excluding carboxylic acids is 1. The quantitative estimate of drug-likeness (QED) is 0.671. The average molecular weight is 255 g/mol. The number of hydrogen-bond donors (Lipinski definition) is 0. The molecule has 0 fully saturated rings. The minimum atomic E-state index is -1.04. The maximum Gasteiger partial charge on any atom is 0.171 e. The van der Waals surface area contributed by atoms with Crippen LogP contribution in [-0.4, -0.2) is 25.6 Å². The van der Waals surface area contributed by atoms with Gasteiger partial charge in [0.15, 0.2) is 5.65 Å². The second kappa shape index (κ2) is 4.64. The Morgan fingerprint density at radius 1 is 1.26 bits per heavy atom. The normalized spacial score (nSPS) is 11.2. The van der Waals surface area contributed by atoms with E-state index in [1.807, 2.05) is 24.3 Å². The molecule has 0 aliphatic carbocycles. The van der Waals surface area contributed by atoms with Crippen molar-refractivity contribution in [1.82, 2.24) is 19.6 Å². The largest absolute Gasteiger partial charge is 0.550 e. The molecule has 0 atom stereocenters. The lowest BCUT2D eigenvalue weighted by Gasteiger charge is -2.02. The van der Waals surface area contributed by atoms with E-state index in [1.54, 1.807) is 10.7 Å². The van der Waals surface area contributed by atoms with Crippen molar-refractivity contribution in [3.05, 3.63) is 36.4 Å². The van der Waals surface area contributed by atoms with E-state index in [-0.39, 0.29) is 6.42 Å². The Morgan fingerprint density at radius 3 is 2.95 bits per heavy atom. The van der Waals surface area contributed by atoms with Crippen molar-refractivity contribution in [2.75, 3.05) is 0 Å². The minimum Gasteiger partial charge on any atom is -0.550 e. The molecule has 96 valence electrons. The highest BCUT2D eigenvalue weighted by Gasteiger charge is 2.08. The fraction of sp³-hybridized carbons (Fsp3) is 0.231. The fourth-order valence-corrected chi connectivity index (χ4v) is 2.09. The second-order valence-corrected chi connectivity index (χ2v) is 4.30. The fourth-order valence-electron chi connectivity index (χ4n) is 2.09. The Balaban J connectivity index is 1.99. The smallest absolute Gasteiger partial charge is 0.171 e. The molecule has 0 N–H and O–H groups in total. The first-order valence-corrected chi connectivity index (χ1v) is 6.03. The van der Waals surface area contributed by atoms with Crippen LogP contribution < -0.4 is 5.11 Å². The third-order valence-electron chi connectivity index (χ3n) is 3.00. The summed E-state index contributed by atoms with van der Waals surface area (Å²) >= 11 is 0. The number of benzene rings is 1. The van der Waals surface area contributed by atoms with E-state index in [1.165, 1.54) is 0 Å². The molecule has 6 heteroatoms. The molecule has 0 aliphatic heterocycles. The number of aromatic nitrogens is 4. The number of carboxylic acid groups (broad SMARTS) is 1. The summed E-state index contributed by atoms with van der Waals surface area (Å²) in [6.45, 7) is 0. The zero-order valence-electron chi connectivity index (χ0n) is 10.1. The Morgan fingerprint density at radius 2 is 2.11 bits per heavy atom. The van der Waals surface area contributed by atoms with Gasteiger partial charge in [-0.05, 0) is 25.0 Å². The lowest BCUT2D eigenvalue weighted by molar-refractivity contribution is -0.305. The van der Waals surface area contributed by atoms with Gasteiger partial charge in [-0.2, -0.15) is 0 Å². The van der Waals surface area contributed by atoms with Gasteiger partial charge in [-0.15, -0.1) is 10.2 Å². The second-order valence-electron chi connectivity index (χ2n) is 4.30. The predicted molar refractivity (Wildman–Crippen MR) is 66.2 cm³/mol. The molecule has 0 radical (unpaired) electrons. The van der Waals surface area contributed by atoms with Crippen LogP contribution in [0.1, 0.15) is 18.7 Å². The van der Waals surface area contributed by atoms with Gasteiger partial charge in [-0.1, -0.05) is 12.1 Å². The monoisotopic (exact) mass is 255 g/mol. The molecule has 6 nitrogen and oxygen atoms in total. The van der Waals surface area contributed by atoms with E-state index in [0.717, 1.165) is 22.4 Å². The van der Waals surface area contributed by atoms with Gasteiger partial charge in [0.05, 0.1) is 5.52 Å². The summed E-state index contributed by atoms with van der Waals surface area (Å²) in [6, 6.07) is 7.70. The Bertz CT molecular complexity index is 751. The van der Waals surface area contributed by atoms with Crippen LogP contribution in [0.15, 0.2) is 30.6 Å². The van der Waals surface area contributed by atoms with E-state index in [4.69, 9.17) is 0 Å². The van der Waals surface area contributed by atoms with Crippen LogP contribution in [0.25, 0.3) is 16.6 Å². The number of carboxylic acids is 1. The van der Waals surface area contributed by atoms with Crippen molar-refractivity contribution < 1.29 is 9.90 Å². The van der Waals surface area contributed by atoms with Crippen molar-refractivity contribution in [3.63, 3.8) is 0 Å². The van der Waals surface area contributed by atoms with Crippen LogP contribution >= 0.6 is 0 Å². The summed E-state index contributed by atoms with van der Waals surface area (Å²) in [4.78, 5) is 14.7. The maximum atomic E-state index is 10.4. The minimum absolute atomic E-state index is 0.0237. The maximum absolute atomic E-state index is 10.4. The van der Waals surface area contributed by atoms with Crippen LogP contribution in [0.5, 0.6) is 0 Å². The van der Waals surface area contributed by atoms with Crippen LogP contribution in [0, 0.1) is 0 Å². The molecule has 0 saturated heterocycles. The molecule has 2 aromatic heterocycles. The lowest BCUT2D eigenvalue weighted by atomic mass is 10.2. The van der Waals surface area contributed by atoms with E-state index >= 15 is 0 Å². The molecule has 19 heavy (non-hydrogen) atoms. The van der Waals surface area contributed by atoms with E-state index in [2.05, 4.69) is 15.2 Å². The average Bonchev–Trinajstić information content (AvgIpc) is 2.82. The van der Waals surface area contributed by atoms with Gasteiger partial charge in [0.1, 0.15) is 12.2 Å². The van der Waals surface area contributed by atoms with Crippen LogP contribution in [-0.2, 0) is 11.2 Å². The predicted octanol–water partition coefficient (Wildman–Crippen LogP) is 0.350. The summed E-state index contributed by atoms with van der Waals surface area (Å²) < 4.78 is 1.80.